The molecule has 0 unspecified atom stereocenters. The molecule has 0 spiro atoms. The van der Waals surface area contributed by atoms with Gasteiger partial charge in [-0.3, -0.25) is 4.79 Å². The first-order valence-electron chi connectivity index (χ1n) is 8.30. The maximum absolute atomic E-state index is 13.0. The number of pyridine rings is 1. The highest BCUT2D eigenvalue weighted by Crippen LogP contribution is 2.25. The molecule has 134 valence electrons. The summed E-state index contributed by atoms with van der Waals surface area (Å²) in [5, 5.41) is 4.12. The van der Waals surface area contributed by atoms with Gasteiger partial charge in [-0.05, 0) is 26.0 Å². The third-order valence-electron chi connectivity index (χ3n) is 4.41. The Balaban J connectivity index is 1.77. The summed E-state index contributed by atoms with van der Waals surface area (Å²) in [6.45, 7) is 5.21. The van der Waals surface area contributed by atoms with E-state index in [0.29, 0.717) is 19.7 Å². The summed E-state index contributed by atoms with van der Waals surface area (Å²) in [6.07, 6.45) is 2.77. The topological polar surface area (TPSA) is 76.4 Å². The predicted molar refractivity (Wildman–Crippen MR) is 93.2 cm³/mol. The molecule has 0 aliphatic carbocycles. The van der Waals surface area contributed by atoms with Gasteiger partial charge in [0, 0.05) is 20.6 Å². The molecule has 1 aliphatic heterocycles. The Hall–Kier alpha value is -2.48. The summed E-state index contributed by atoms with van der Waals surface area (Å²) in [6, 6.07) is 5.85. The Labute approximate surface area is 147 Å². The van der Waals surface area contributed by atoms with Crippen LogP contribution in [0.25, 0.3) is 0 Å². The number of ether oxygens (including phenoxy) is 1. The second kappa shape index (κ2) is 6.79. The molecular formula is C17H24N6O2. The zero-order valence-electron chi connectivity index (χ0n) is 15.1. The largest absolute Gasteiger partial charge is 0.368 e. The summed E-state index contributed by atoms with van der Waals surface area (Å²) >= 11 is 0. The molecule has 0 radical (unpaired) electrons. The number of hydrogen-bond donors (Lipinski definition) is 0. The van der Waals surface area contributed by atoms with Gasteiger partial charge in [-0.1, -0.05) is 6.07 Å². The lowest BCUT2D eigenvalue weighted by Crippen LogP contribution is -2.51. The number of aromatic nitrogens is 4. The molecule has 2 aromatic rings. The van der Waals surface area contributed by atoms with Crippen LogP contribution in [0.2, 0.25) is 0 Å². The minimum Gasteiger partial charge on any atom is -0.368 e. The Bertz CT molecular complexity index is 728. The summed E-state index contributed by atoms with van der Waals surface area (Å²) in [5.41, 5.74) is 0.0411. The Morgan fingerprint density at radius 1 is 1.36 bits per heavy atom. The molecule has 25 heavy (non-hydrogen) atoms. The zero-order chi connectivity index (χ0) is 18.0. The molecule has 1 aliphatic rings. The monoisotopic (exact) mass is 344 g/mol. The molecule has 2 aromatic heterocycles. The predicted octanol–water partition coefficient (Wildman–Crippen LogP) is 1.07. The number of nitrogens with zero attached hydrogens (tertiary/aromatic N) is 6. The van der Waals surface area contributed by atoms with E-state index in [2.05, 4.69) is 15.1 Å². The van der Waals surface area contributed by atoms with Crippen LogP contribution in [0.5, 0.6) is 0 Å². The summed E-state index contributed by atoms with van der Waals surface area (Å²) in [7, 11) is 3.90. The van der Waals surface area contributed by atoms with Crippen molar-refractivity contribution in [2.45, 2.75) is 25.5 Å². The van der Waals surface area contributed by atoms with Crippen LogP contribution in [0.4, 0.5) is 5.82 Å². The van der Waals surface area contributed by atoms with Gasteiger partial charge in [-0.25, -0.2) is 14.6 Å². The summed E-state index contributed by atoms with van der Waals surface area (Å²) in [5.74, 6) is 0.863. The molecule has 0 N–H and O–H groups in total. The van der Waals surface area contributed by atoms with Crippen molar-refractivity contribution < 1.29 is 9.53 Å². The lowest BCUT2D eigenvalue weighted by molar-refractivity contribution is -0.147. The molecule has 3 heterocycles. The summed E-state index contributed by atoms with van der Waals surface area (Å²) in [4.78, 5) is 25.4. The quantitative estimate of drug-likeness (QED) is 0.826. The van der Waals surface area contributed by atoms with Crippen LogP contribution in [-0.4, -0.2) is 64.3 Å². The second-order valence-electron chi connectivity index (χ2n) is 6.82. The van der Waals surface area contributed by atoms with Gasteiger partial charge in [0.1, 0.15) is 30.1 Å². The van der Waals surface area contributed by atoms with E-state index in [1.165, 1.54) is 6.33 Å². The highest BCUT2D eigenvalue weighted by Gasteiger charge is 2.37. The van der Waals surface area contributed by atoms with E-state index < -0.39 is 5.54 Å². The number of carbonyl (C=O) groups is 1. The molecular weight excluding hydrogens is 320 g/mol. The number of morpholine rings is 1. The van der Waals surface area contributed by atoms with Crippen LogP contribution in [-0.2, 0) is 15.1 Å². The molecule has 0 aromatic carbocycles. The van der Waals surface area contributed by atoms with Crippen molar-refractivity contribution in [2.75, 3.05) is 38.7 Å². The number of anilines is 1. The van der Waals surface area contributed by atoms with Crippen LogP contribution in [0.1, 0.15) is 25.6 Å². The van der Waals surface area contributed by atoms with Crippen molar-refractivity contribution in [3.05, 3.63) is 36.5 Å². The number of amides is 1. The summed E-state index contributed by atoms with van der Waals surface area (Å²) < 4.78 is 7.46. The van der Waals surface area contributed by atoms with Crippen molar-refractivity contribution in [3.63, 3.8) is 0 Å². The van der Waals surface area contributed by atoms with Crippen molar-refractivity contribution >= 4 is 11.7 Å². The molecule has 1 fully saturated rings. The van der Waals surface area contributed by atoms with E-state index in [4.69, 9.17) is 4.74 Å². The third-order valence-corrected chi connectivity index (χ3v) is 4.41. The molecule has 8 nitrogen and oxygen atoms in total. The first kappa shape index (κ1) is 17.3. The molecule has 1 saturated heterocycles. The average molecular weight is 344 g/mol. The van der Waals surface area contributed by atoms with Gasteiger partial charge < -0.3 is 14.5 Å². The normalized spacial score (nSPS) is 18.2. The maximum Gasteiger partial charge on any atom is 0.250 e. The van der Waals surface area contributed by atoms with Gasteiger partial charge in [-0.15, -0.1) is 0 Å². The molecule has 1 atom stereocenters. The van der Waals surface area contributed by atoms with Crippen LogP contribution in [0.15, 0.2) is 30.9 Å². The van der Waals surface area contributed by atoms with Crippen molar-refractivity contribution in [1.82, 2.24) is 24.6 Å². The van der Waals surface area contributed by atoms with Gasteiger partial charge in [-0.2, -0.15) is 5.10 Å². The van der Waals surface area contributed by atoms with Crippen LogP contribution >= 0.6 is 0 Å². The van der Waals surface area contributed by atoms with Gasteiger partial charge in [0.2, 0.25) is 5.91 Å². The van der Waals surface area contributed by atoms with Gasteiger partial charge in [0.15, 0.2) is 0 Å². The number of carbonyl (C=O) groups excluding carboxylic acids is 1. The number of rotatable bonds is 4. The van der Waals surface area contributed by atoms with E-state index in [1.54, 1.807) is 11.0 Å². The van der Waals surface area contributed by atoms with E-state index in [-0.39, 0.29) is 12.0 Å². The molecule has 1 amide bonds. The second-order valence-corrected chi connectivity index (χ2v) is 6.82. The minimum atomic E-state index is -0.794. The molecule has 0 bridgehead atoms. The van der Waals surface area contributed by atoms with E-state index in [9.17, 15) is 4.79 Å². The van der Waals surface area contributed by atoms with E-state index in [1.807, 2.05) is 55.9 Å². The van der Waals surface area contributed by atoms with Gasteiger partial charge in [0.25, 0.3) is 0 Å². The van der Waals surface area contributed by atoms with Crippen molar-refractivity contribution in [3.8, 4) is 0 Å². The van der Waals surface area contributed by atoms with Crippen LogP contribution in [0.3, 0.4) is 0 Å². The Kier molecular flexibility index (Phi) is 4.71. The van der Waals surface area contributed by atoms with Crippen LogP contribution in [0, 0.1) is 0 Å². The SMILES string of the molecule is CN(C)c1cccc([C@@H]2CN(C(=O)C(C)(C)n3cncn3)CCO2)n1. The maximum atomic E-state index is 13.0. The zero-order valence-corrected chi connectivity index (χ0v) is 15.1. The standard InChI is InChI=1S/C17H24N6O2/c1-17(2,23-12-18-11-19-23)16(24)22-8-9-25-14(10-22)13-6-5-7-15(20-13)21(3)4/h5-7,11-12,14H,8-10H2,1-4H3/t14-/m0/s1. The van der Waals surface area contributed by atoms with Crippen LogP contribution < -0.4 is 4.90 Å². The minimum absolute atomic E-state index is 0.00457. The fourth-order valence-corrected chi connectivity index (χ4v) is 2.86. The Morgan fingerprint density at radius 3 is 2.84 bits per heavy atom. The fourth-order valence-electron chi connectivity index (χ4n) is 2.86. The highest BCUT2D eigenvalue weighted by molar-refractivity contribution is 5.83. The van der Waals surface area contributed by atoms with Crippen molar-refractivity contribution in [2.24, 2.45) is 0 Å². The van der Waals surface area contributed by atoms with Gasteiger partial charge >= 0.3 is 0 Å². The smallest absolute Gasteiger partial charge is 0.250 e. The molecule has 8 heteroatoms. The van der Waals surface area contributed by atoms with E-state index in [0.717, 1.165) is 11.5 Å². The lowest BCUT2D eigenvalue weighted by Gasteiger charge is -2.37. The van der Waals surface area contributed by atoms with Crippen molar-refractivity contribution in [1.29, 1.82) is 0 Å². The molecule has 3 rings (SSSR count). The molecule has 0 saturated carbocycles. The first-order valence-corrected chi connectivity index (χ1v) is 8.30. The third kappa shape index (κ3) is 3.48. The van der Waals surface area contributed by atoms with Gasteiger partial charge in [0.05, 0.1) is 18.8 Å². The lowest BCUT2D eigenvalue weighted by atomic mass is 10.0. The fraction of sp³-hybridized carbons (Fsp3) is 0.529. The highest BCUT2D eigenvalue weighted by atomic mass is 16.5. The Morgan fingerprint density at radius 2 is 2.16 bits per heavy atom. The first-order chi connectivity index (χ1) is 11.9. The average Bonchev–Trinajstić information content (AvgIpc) is 3.17. The number of hydrogen-bond acceptors (Lipinski definition) is 6. The van der Waals surface area contributed by atoms with E-state index >= 15 is 0 Å².